The summed E-state index contributed by atoms with van der Waals surface area (Å²) < 4.78 is 10.4. The third kappa shape index (κ3) is 3.78. The van der Waals surface area contributed by atoms with E-state index in [2.05, 4.69) is 4.74 Å². The normalized spacial score (nSPS) is 18.6. The molecule has 2 atom stereocenters. The van der Waals surface area contributed by atoms with Crippen molar-refractivity contribution in [2.24, 2.45) is 5.73 Å². The van der Waals surface area contributed by atoms with Gasteiger partial charge in [-0.05, 0) is 23.8 Å². The van der Waals surface area contributed by atoms with Crippen LogP contribution in [0.3, 0.4) is 0 Å². The SMILES string of the molecule is COC(=O)C(N)CSCC1Cc2cc(Cl)ccc2O1. The van der Waals surface area contributed by atoms with Crippen LogP contribution in [-0.4, -0.2) is 36.7 Å². The molecular weight excluding hydrogens is 286 g/mol. The second-order valence-electron chi connectivity index (χ2n) is 4.36. The van der Waals surface area contributed by atoms with Crippen molar-refractivity contribution in [3.8, 4) is 5.75 Å². The predicted molar refractivity (Wildman–Crippen MR) is 76.9 cm³/mol. The summed E-state index contributed by atoms with van der Waals surface area (Å²) in [6.45, 7) is 0. The van der Waals surface area contributed by atoms with Gasteiger partial charge in [0.25, 0.3) is 0 Å². The molecule has 0 amide bonds. The molecule has 0 bridgehead atoms. The Morgan fingerprint density at radius 1 is 1.68 bits per heavy atom. The molecule has 1 aliphatic rings. The monoisotopic (exact) mass is 301 g/mol. The lowest BCUT2D eigenvalue weighted by atomic mass is 10.1. The van der Waals surface area contributed by atoms with Crippen LogP contribution in [0.25, 0.3) is 0 Å². The smallest absolute Gasteiger partial charge is 0.323 e. The summed E-state index contributed by atoms with van der Waals surface area (Å²) in [7, 11) is 1.34. The summed E-state index contributed by atoms with van der Waals surface area (Å²) in [5.41, 5.74) is 6.80. The molecule has 104 valence electrons. The highest BCUT2D eigenvalue weighted by Crippen LogP contribution is 2.32. The quantitative estimate of drug-likeness (QED) is 0.841. The Hall–Kier alpha value is -0.910. The fourth-order valence-corrected chi connectivity index (χ4v) is 3.10. The van der Waals surface area contributed by atoms with Crippen LogP contribution in [0.15, 0.2) is 18.2 Å². The first-order valence-electron chi connectivity index (χ1n) is 5.96. The highest BCUT2D eigenvalue weighted by molar-refractivity contribution is 7.99. The summed E-state index contributed by atoms with van der Waals surface area (Å²) in [5, 5.41) is 0.725. The number of ether oxygens (including phenoxy) is 2. The molecule has 1 aromatic carbocycles. The van der Waals surface area contributed by atoms with E-state index in [9.17, 15) is 4.79 Å². The number of benzene rings is 1. The molecule has 0 fully saturated rings. The Labute approximate surface area is 121 Å². The maximum atomic E-state index is 11.1. The van der Waals surface area contributed by atoms with Crippen LogP contribution in [-0.2, 0) is 16.0 Å². The van der Waals surface area contributed by atoms with Crippen molar-refractivity contribution in [1.82, 2.24) is 0 Å². The van der Waals surface area contributed by atoms with Gasteiger partial charge in [-0.1, -0.05) is 11.6 Å². The molecule has 2 N–H and O–H groups in total. The van der Waals surface area contributed by atoms with E-state index in [0.717, 1.165) is 28.5 Å². The molecule has 0 spiro atoms. The first kappa shape index (κ1) is 14.5. The number of hydrogen-bond acceptors (Lipinski definition) is 5. The van der Waals surface area contributed by atoms with E-state index in [1.807, 2.05) is 18.2 Å². The largest absolute Gasteiger partial charge is 0.489 e. The van der Waals surface area contributed by atoms with Gasteiger partial charge < -0.3 is 15.2 Å². The lowest BCUT2D eigenvalue weighted by Gasteiger charge is -2.12. The Morgan fingerprint density at radius 3 is 3.21 bits per heavy atom. The van der Waals surface area contributed by atoms with Crippen LogP contribution in [0.4, 0.5) is 0 Å². The van der Waals surface area contributed by atoms with E-state index in [4.69, 9.17) is 22.1 Å². The number of carbonyl (C=O) groups is 1. The minimum absolute atomic E-state index is 0.114. The summed E-state index contributed by atoms with van der Waals surface area (Å²) >= 11 is 7.53. The number of hydrogen-bond donors (Lipinski definition) is 1. The number of esters is 1. The predicted octanol–water partition coefficient (Wildman–Crippen LogP) is 1.88. The summed E-state index contributed by atoms with van der Waals surface area (Å²) in [4.78, 5) is 11.1. The lowest BCUT2D eigenvalue weighted by molar-refractivity contribution is -0.141. The zero-order chi connectivity index (χ0) is 13.8. The summed E-state index contributed by atoms with van der Waals surface area (Å²) in [5.74, 6) is 1.84. The number of nitrogens with two attached hydrogens (primary N) is 1. The van der Waals surface area contributed by atoms with Crippen molar-refractivity contribution in [3.05, 3.63) is 28.8 Å². The van der Waals surface area contributed by atoms with Gasteiger partial charge in [-0.15, -0.1) is 0 Å². The molecule has 0 saturated carbocycles. The van der Waals surface area contributed by atoms with E-state index in [0.29, 0.717) is 5.75 Å². The van der Waals surface area contributed by atoms with Gasteiger partial charge in [0.1, 0.15) is 17.9 Å². The van der Waals surface area contributed by atoms with E-state index >= 15 is 0 Å². The van der Waals surface area contributed by atoms with E-state index < -0.39 is 6.04 Å². The third-order valence-corrected chi connectivity index (χ3v) is 4.31. The van der Waals surface area contributed by atoms with Gasteiger partial charge in [-0.25, -0.2) is 0 Å². The minimum atomic E-state index is -0.576. The second-order valence-corrected chi connectivity index (χ2v) is 5.87. The molecule has 0 aliphatic carbocycles. The van der Waals surface area contributed by atoms with Crippen LogP contribution in [0, 0.1) is 0 Å². The van der Waals surface area contributed by atoms with E-state index in [-0.39, 0.29) is 12.1 Å². The highest BCUT2D eigenvalue weighted by Gasteiger charge is 2.23. The van der Waals surface area contributed by atoms with Gasteiger partial charge in [-0.3, -0.25) is 4.79 Å². The Morgan fingerprint density at radius 2 is 2.47 bits per heavy atom. The average molecular weight is 302 g/mol. The van der Waals surface area contributed by atoms with Crippen LogP contribution >= 0.6 is 23.4 Å². The van der Waals surface area contributed by atoms with Gasteiger partial charge in [-0.2, -0.15) is 11.8 Å². The third-order valence-electron chi connectivity index (χ3n) is 2.87. The Bertz CT molecular complexity index is 469. The van der Waals surface area contributed by atoms with Gasteiger partial charge in [0.2, 0.25) is 0 Å². The Kier molecular flexibility index (Phi) is 4.96. The number of thioether (sulfide) groups is 1. The average Bonchev–Trinajstić information content (AvgIpc) is 2.79. The molecule has 1 aliphatic heterocycles. The van der Waals surface area contributed by atoms with Crippen molar-refractivity contribution in [1.29, 1.82) is 0 Å². The molecule has 19 heavy (non-hydrogen) atoms. The van der Waals surface area contributed by atoms with Crippen molar-refractivity contribution < 1.29 is 14.3 Å². The number of carbonyl (C=O) groups excluding carboxylic acids is 1. The standard InChI is InChI=1S/C13H16ClNO3S/c1-17-13(16)11(15)7-19-6-10-5-8-4-9(14)2-3-12(8)18-10/h2-4,10-11H,5-7,15H2,1H3. The number of fused-ring (bicyclic) bond motifs is 1. The van der Waals surface area contributed by atoms with Gasteiger partial charge in [0.05, 0.1) is 7.11 Å². The fraction of sp³-hybridized carbons (Fsp3) is 0.462. The molecule has 0 radical (unpaired) electrons. The fourth-order valence-electron chi connectivity index (χ4n) is 1.93. The zero-order valence-corrected chi connectivity index (χ0v) is 12.2. The number of halogens is 1. The molecule has 0 aromatic heterocycles. The maximum absolute atomic E-state index is 11.1. The first-order valence-corrected chi connectivity index (χ1v) is 7.49. The molecular formula is C13H16ClNO3S. The van der Waals surface area contributed by atoms with Gasteiger partial charge >= 0.3 is 5.97 Å². The Balaban J connectivity index is 1.77. The van der Waals surface area contributed by atoms with E-state index in [1.165, 1.54) is 7.11 Å². The minimum Gasteiger partial charge on any atom is -0.489 e. The van der Waals surface area contributed by atoms with Gasteiger partial charge in [0.15, 0.2) is 0 Å². The molecule has 6 heteroatoms. The number of rotatable bonds is 5. The molecule has 4 nitrogen and oxygen atoms in total. The summed E-state index contributed by atoms with van der Waals surface area (Å²) in [6, 6.07) is 5.07. The highest BCUT2D eigenvalue weighted by atomic mass is 35.5. The van der Waals surface area contributed by atoms with Crippen LogP contribution in [0.5, 0.6) is 5.75 Å². The maximum Gasteiger partial charge on any atom is 0.323 e. The van der Waals surface area contributed by atoms with Crippen molar-refractivity contribution in [2.75, 3.05) is 18.6 Å². The first-order chi connectivity index (χ1) is 9.10. The number of methoxy groups -OCH3 is 1. The van der Waals surface area contributed by atoms with Crippen molar-refractivity contribution in [2.45, 2.75) is 18.6 Å². The summed E-state index contributed by atoms with van der Waals surface area (Å²) in [6.07, 6.45) is 0.958. The van der Waals surface area contributed by atoms with Crippen molar-refractivity contribution in [3.63, 3.8) is 0 Å². The zero-order valence-electron chi connectivity index (χ0n) is 10.6. The molecule has 2 unspecified atom stereocenters. The van der Waals surface area contributed by atoms with Crippen LogP contribution in [0.2, 0.25) is 5.02 Å². The van der Waals surface area contributed by atoms with E-state index in [1.54, 1.807) is 11.8 Å². The molecule has 0 saturated heterocycles. The van der Waals surface area contributed by atoms with Gasteiger partial charge in [0, 0.05) is 22.9 Å². The molecule has 2 rings (SSSR count). The van der Waals surface area contributed by atoms with Crippen LogP contribution in [0.1, 0.15) is 5.56 Å². The van der Waals surface area contributed by atoms with Crippen LogP contribution < -0.4 is 10.5 Å². The topological polar surface area (TPSA) is 61.5 Å². The molecule has 1 heterocycles. The van der Waals surface area contributed by atoms with Crippen molar-refractivity contribution >= 4 is 29.3 Å². The second kappa shape index (κ2) is 6.50. The molecule has 1 aromatic rings. The lowest BCUT2D eigenvalue weighted by Crippen LogP contribution is -2.34.